The van der Waals surface area contributed by atoms with Crippen molar-refractivity contribution in [2.45, 2.75) is 31.8 Å². The molecule has 0 bridgehead atoms. The van der Waals surface area contributed by atoms with E-state index in [9.17, 15) is 9.59 Å². The first-order valence-corrected chi connectivity index (χ1v) is 8.45. The number of fused-ring (bicyclic) bond motifs is 1. The molecule has 7 heteroatoms. The molecule has 2 aromatic heterocycles. The van der Waals surface area contributed by atoms with Gasteiger partial charge in [0.15, 0.2) is 5.58 Å². The van der Waals surface area contributed by atoms with Crippen LogP contribution in [0.5, 0.6) is 0 Å². The van der Waals surface area contributed by atoms with Gasteiger partial charge in [-0.05, 0) is 31.9 Å². The Bertz CT molecular complexity index is 984. The molecule has 0 spiro atoms. The highest BCUT2D eigenvalue weighted by atomic mass is 16.4. The summed E-state index contributed by atoms with van der Waals surface area (Å²) in [5.74, 6) is -0.570. The van der Waals surface area contributed by atoms with E-state index >= 15 is 0 Å². The van der Waals surface area contributed by atoms with Gasteiger partial charge in [-0.2, -0.15) is 5.10 Å². The average molecular weight is 340 g/mol. The molecule has 0 saturated carbocycles. The summed E-state index contributed by atoms with van der Waals surface area (Å²) in [7, 11) is 1.87. The van der Waals surface area contributed by atoms with E-state index in [2.05, 4.69) is 5.10 Å². The number of aromatic nitrogens is 3. The van der Waals surface area contributed by atoms with E-state index in [-0.39, 0.29) is 11.9 Å². The van der Waals surface area contributed by atoms with Gasteiger partial charge in [-0.15, -0.1) is 0 Å². The molecule has 7 nitrogen and oxygen atoms in total. The van der Waals surface area contributed by atoms with E-state index in [0.29, 0.717) is 17.6 Å². The van der Waals surface area contributed by atoms with Crippen molar-refractivity contribution in [3.63, 3.8) is 0 Å². The molecular formula is C18H20N4O3. The zero-order valence-corrected chi connectivity index (χ0v) is 14.3. The van der Waals surface area contributed by atoms with Crippen LogP contribution in [-0.4, -0.2) is 31.7 Å². The fraction of sp³-hybridized carbons (Fsp3) is 0.389. The predicted octanol–water partition coefficient (Wildman–Crippen LogP) is 2.25. The molecule has 1 aromatic carbocycles. The number of aryl methyl sites for hydroxylation is 1. The highest BCUT2D eigenvalue weighted by Gasteiger charge is 2.34. The second-order valence-corrected chi connectivity index (χ2v) is 6.52. The fourth-order valence-electron chi connectivity index (χ4n) is 3.69. The molecule has 4 rings (SSSR count). The lowest BCUT2D eigenvalue weighted by Crippen LogP contribution is -2.38. The van der Waals surface area contributed by atoms with Crippen LogP contribution in [-0.2, 0) is 11.8 Å². The molecular weight excluding hydrogens is 320 g/mol. The molecule has 3 aromatic rings. The Hall–Kier alpha value is -2.83. The van der Waals surface area contributed by atoms with Gasteiger partial charge in [-0.1, -0.05) is 12.1 Å². The van der Waals surface area contributed by atoms with E-state index in [1.54, 1.807) is 36.0 Å². The van der Waals surface area contributed by atoms with Crippen LogP contribution in [0.3, 0.4) is 0 Å². The number of rotatable bonds is 3. The Kier molecular flexibility index (Phi) is 3.71. The lowest BCUT2D eigenvalue weighted by atomic mass is 10.1. The molecule has 0 unspecified atom stereocenters. The minimum atomic E-state index is -0.617. The first kappa shape index (κ1) is 15.7. The van der Waals surface area contributed by atoms with Crippen molar-refractivity contribution in [1.29, 1.82) is 0 Å². The normalized spacial score (nSPS) is 18.8. The Labute approximate surface area is 144 Å². The van der Waals surface area contributed by atoms with Crippen LogP contribution >= 0.6 is 0 Å². The zero-order valence-electron chi connectivity index (χ0n) is 14.3. The van der Waals surface area contributed by atoms with Crippen LogP contribution in [0.2, 0.25) is 0 Å². The monoisotopic (exact) mass is 340 g/mol. The number of benzene rings is 1. The zero-order chi connectivity index (χ0) is 17.6. The van der Waals surface area contributed by atoms with Crippen LogP contribution in [0, 0.1) is 0 Å². The van der Waals surface area contributed by atoms with Gasteiger partial charge in [-0.3, -0.25) is 14.0 Å². The maximum atomic E-state index is 13.1. The summed E-state index contributed by atoms with van der Waals surface area (Å²) in [6.07, 6.45) is 5.60. The first-order valence-electron chi connectivity index (χ1n) is 8.45. The second kappa shape index (κ2) is 5.91. The summed E-state index contributed by atoms with van der Waals surface area (Å²) in [6, 6.07) is 6.57. The standard InChI is InChI=1S/C18H20N4O3/c1-12(22-15-6-3-4-8-16(15)25-18(22)24)17(23)21-9-5-7-14(21)13-10-19-20(2)11-13/h3-4,6,8,10-12,14H,5,7,9H2,1-2H3/t12-,14+/m0/s1. The Morgan fingerprint density at radius 3 is 2.92 bits per heavy atom. The smallest absolute Gasteiger partial charge is 0.408 e. The SMILES string of the molecule is C[C@@H](C(=O)N1CCC[C@@H]1c1cnn(C)c1)n1c(=O)oc2ccccc21. The van der Waals surface area contributed by atoms with Gasteiger partial charge in [0.25, 0.3) is 0 Å². The molecule has 0 aliphatic carbocycles. The van der Waals surface area contributed by atoms with E-state index in [4.69, 9.17) is 4.42 Å². The van der Waals surface area contributed by atoms with Crippen LogP contribution in [0.4, 0.5) is 0 Å². The van der Waals surface area contributed by atoms with Crippen LogP contribution in [0.1, 0.15) is 37.4 Å². The highest BCUT2D eigenvalue weighted by Crippen LogP contribution is 2.33. The third-order valence-electron chi connectivity index (χ3n) is 4.91. The summed E-state index contributed by atoms with van der Waals surface area (Å²) < 4.78 is 8.46. The molecule has 25 heavy (non-hydrogen) atoms. The molecule has 3 heterocycles. The number of hydrogen-bond donors (Lipinski definition) is 0. The van der Waals surface area contributed by atoms with Crippen molar-refractivity contribution < 1.29 is 9.21 Å². The van der Waals surface area contributed by atoms with Gasteiger partial charge in [0, 0.05) is 25.4 Å². The highest BCUT2D eigenvalue weighted by molar-refractivity contribution is 5.83. The maximum Gasteiger partial charge on any atom is 0.420 e. The van der Waals surface area contributed by atoms with Crippen molar-refractivity contribution in [2.75, 3.05) is 6.54 Å². The van der Waals surface area contributed by atoms with E-state index in [0.717, 1.165) is 18.4 Å². The third kappa shape index (κ3) is 2.56. The number of amides is 1. The molecule has 2 atom stereocenters. The van der Waals surface area contributed by atoms with Crippen molar-refractivity contribution in [2.24, 2.45) is 7.05 Å². The minimum absolute atomic E-state index is 0.0116. The molecule has 1 fully saturated rings. The van der Waals surface area contributed by atoms with Crippen molar-refractivity contribution in [1.82, 2.24) is 19.2 Å². The third-order valence-corrected chi connectivity index (χ3v) is 4.91. The van der Waals surface area contributed by atoms with Gasteiger partial charge >= 0.3 is 5.76 Å². The Balaban J connectivity index is 1.67. The van der Waals surface area contributed by atoms with E-state index < -0.39 is 11.8 Å². The van der Waals surface area contributed by atoms with Gasteiger partial charge in [-0.25, -0.2) is 4.79 Å². The number of carbonyl (C=O) groups excluding carboxylic acids is 1. The maximum absolute atomic E-state index is 13.1. The summed E-state index contributed by atoms with van der Waals surface area (Å²) in [4.78, 5) is 27.3. The van der Waals surface area contributed by atoms with Crippen molar-refractivity contribution >= 4 is 17.0 Å². The topological polar surface area (TPSA) is 73.3 Å². The molecule has 1 aliphatic heterocycles. The molecule has 130 valence electrons. The average Bonchev–Trinajstić information content (AvgIpc) is 3.30. The molecule has 0 radical (unpaired) electrons. The Morgan fingerprint density at radius 2 is 2.16 bits per heavy atom. The Morgan fingerprint density at radius 1 is 1.36 bits per heavy atom. The summed E-state index contributed by atoms with van der Waals surface area (Å²) >= 11 is 0. The number of likely N-dealkylation sites (tertiary alicyclic amines) is 1. The number of oxazole rings is 1. The van der Waals surface area contributed by atoms with Gasteiger partial charge in [0.05, 0.1) is 17.8 Å². The summed E-state index contributed by atoms with van der Waals surface area (Å²) in [6.45, 7) is 2.44. The van der Waals surface area contributed by atoms with E-state index in [1.165, 1.54) is 4.57 Å². The van der Waals surface area contributed by atoms with E-state index in [1.807, 2.05) is 24.2 Å². The van der Waals surface area contributed by atoms with Gasteiger partial charge < -0.3 is 9.32 Å². The summed E-state index contributed by atoms with van der Waals surface area (Å²) in [5, 5.41) is 4.21. The predicted molar refractivity (Wildman–Crippen MR) is 92.1 cm³/mol. The largest absolute Gasteiger partial charge is 0.420 e. The molecule has 1 aliphatic rings. The second-order valence-electron chi connectivity index (χ2n) is 6.52. The molecule has 1 amide bonds. The number of nitrogens with zero attached hydrogens (tertiary/aromatic N) is 4. The summed E-state index contributed by atoms with van der Waals surface area (Å²) in [5.41, 5.74) is 2.17. The number of para-hydroxylation sites is 2. The minimum Gasteiger partial charge on any atom is -0.408 e. The van der Waals surface area contributed by atoms with Gasteiger partial charge in [0.1, 0.15) is 6.04 Å². The number of carbonyl (C=O) groups is 1. The van der Waals surface area contributed by atoms with Crippen LogP contribution in [0.25, 0.3) is 11.1 Å². The van der Waals surface area contributed by atoms with Crippen molar-refractivity contribution in [3.05, 3.63) is 52.8 Å². The van der Waals surface area contributed by atoms with Crippen LogP contribution in [0.15, 0.2) is 45.9 Å². The lowest BCUT2D eigenvalue weighted by molar-refractivity contribution is -0.135. The lowest BCUT2D eigenvalue weighted by Gasteiger charge is -2.27. The quantitative estimate of drug-likeness (QED) is 0.733. The van der Waals surface area contributed by atoms with Gasteiger partial charge in [0.2, 0.25) is 5.91 Å². The molecule has 0 N–H and O–H groups in total. The van der Waals surface area contributed by atoms with Crippen LogP contribution < -0.4 is 5.76 Å². The molecule has 1 saturated heterocycles. The fourth-order valence-corrected chi connectivity index (χ4v) is 3.69. The van der Waals surface area contributed by atoms with Crippen molar-refractivity contribution in [3.8, 4) is 0 Å². The first-order chi connectivity index (χ1) is 12.1. The number of hydrogen-bond acceptors (Lipinski definition) is 4.